The summed E-state index contributed by atoms with van der Waals surface area (Å²) in [7, 11) is 1.89. The number of hydrogen-bond donors (Lipinski definition) is 1. The molecule has 1 aromatic carbocycles. The van der Waals surface area contributed by atoms with Crippen molar-refractivity contribution in [3.63, 3.8) is 0 Å². The van der Waals surface area contributed by atoms with Gasteiger partial charge in [-0.05, 0) is 44.1 Å². The van der Waals surface area contributed by atoms with Gasteiger partial charge in [0, 0.05) is 6.42 Å². The van der Waals surface area contributed by atoms with Crippen molar-refractivity contribution in [2.24, 2.45) is 0 Å². The van der Waals surface area contributed by atoms with Crippen LogP contribution in [0.5, 0.6) is 0 Å². The maximum Gasteiger partial charge on any atom is 0.416 e. The molecule has 0 amide bonds. The molecule has 0 bridgehead atoms. The summed E-state index contributed by atoms with van der Waals surface area (Å²) in [6, 6.07) is 5.06. The summed E-state index contributed by atoms with van der Waals surface area (Å²) in [4.78, 5) is 4.33. The van der Waals surface area contributed by atoms with Crippen molar-refractivity contribution in [1.29, 1.82) is 0 Å². The van der Waals surface area contributed by atoms with Crippen LogP contribution in [0, 0.1) is 0 Å². The van der Waals surface area contributed by atoms with Crippen LogP contribution in [0.1, 0.15) is 29.1 Å². The molecule has 0 saturated carbocycles. The normalized spacial score (nSPS) is 11.8. The second-order valence-corrected chi connectivity index (χ2v) is 4.81. The first-order valence-corrected chi connectivity index (χ1v) is 6.73. The van der Waals surface area contributed by atoms with E-state index in [0.29, 0.717) is 12.3 Å². The van der Waals surface area contributed by atoms with E-state index in [0.717, 1.165) is 42.8 Å². The van der Waals surface area contributed by atoms with Gasteiger partial charge in [-0.2, -0.15) is 13.2 Å². The summed E-state index contributed by atoms with van der Waals surface area (Å²) < 4.78 is 42.7. The molecule has 2 rings (SSSR count). The van der Waals surface area contributed by atoms with Gasteiger partial charge in [0.05, 0.1) is 11.3 Å². The zero-order valence-electron chi connectivity index (χ0n) is 11.7. The highest BCUT2D eigenvalue weighted by molar-refractivity contribution is 5.26. The number of aryl methyl sites for hydroxylation is 1. The van der Waals surface area contributed by atoms with Crippen molar-refractivity contribution in [2.75, 3.05) is 13.6 Å². The van der Waals surface area contributed by atoms with Gasteiger partial charge in [-0.3, -0.25) is 0 Å². The Bertz CT molecular complexity index is 561. The Kier molecular flexibility index (Phi) is 5.01. The molecule has 6 heteroatoms. The van der Waals surface area contributed by atoms with E-state index >= 15 is 0 Å². The summed E-state index contributed by atoms with van der Waals surface area (Å²) in [6.45, 7) is 0.904. The number of nitrogens with zero attached hydrogens (tertiary/aromatic N) is 1. The van der Waals surface area contributed by atoms with Crippen molar-refractivity contribution in [1.82, 2.24) is 10.3 Å². The van der Waals surface area contributed by atoms with Crippen LogP contribution in [-0.4, -0.2) is 18.6 Å². The van der Waals surface area contributed by atoms with Gasteiger partial charge in [-0.1, -0.05) is 12.1 Å². The zero-order chi connectivity index (χ0) is 15.3. The van der Waals surface area contributed by atoms with E-state index in [1.807, 2.05) is 7.05 Å². The van der Waals surface area contributed by atoms with Crippen LogP contribution in [-0.2, 0) is 19.0 Å². The molecule has 0 spiro atoms. The second-order valence-electron chi connectivity index (χ2n) is 4.81. The Labute approximate surface area is 121 Å². The van der Waals surface area contributed by atoms with Gasteiger partial charge in [0.25, 0.3) is 0 Å². The van der Waals surface area contributed by atoms with Gasteiger partial charge < -0.3 is 9.73 Å². The third-order valence-electron chi connectivity index (χ3n) is 3.10. The van der Waals surface area contributed by atoms with E-state index in [9.17, 15) is 13.2 Å². The highest BCUT2D eigenvalue weighted by atomic mass is 19.4. The van der Waals surface area contributed by atoms with Gasteiger partial charge in [-0.15, -0.1) is 0 Å². The van der Waals surface area contributed by atoms with Crippen LogP contribution in [0.3, 0.4) is 0 Å². The predicted molar refractivity (Wildman–Crippen MR) is 73.0 cm³/mol. The number of benzene rings is 1. The predicted octanol–water partition coefficient (Wildman–Crippen LogP) is 3.44. The van der Waals surface area contributed by atoms with Crippen LogP contribution in [0.2, 0.25) is 0 Å². The van der Waals surface area contributed by atoms with Crippen molar-refractivity contribution in [2.45, 2.75) is 25.4 Å². The third-order valence-corrected chi connectivity index (χ3v) is 3.10. The summed E-state index contributed by atoms with van der Waals surface area (Å²) in [5.41, 5.74) is 0.963. The molecular formula is C15H17F3N2O. The molecule has 0 radical (unpaired) electrons. The molecule has 0 aliphatic rings. The molecular weight excluding hydrogens is 281 g/mol. The monoisotopic (exact) mass is 298 g/mol. The fourth-order valence-corrected chi connectivity index (χ4v) is 1.98. The molecule has 1 heterocycles. The van der Waals surface area contributed by atoms with Crippen LogP contribution < -0.4 is 5.32 Å². The smallest absolute Gasteiger partial charge is 0.416 e. The topological polar surface area (TPSA) is 38.1 Å². The van der Waals surface area contributed by atoms with Crippen molar-refractivity contribution in [3.8, 4) is 0 Å². The molecule has 0 fully saturated rings. The molecule has 0 saturated heterocycles. The van der Waals surface area contributed by atoms with Crippen LogP contribution >= 0.6 is 0 Å². The second kappa shape index (κ2) is 6.76. The number of rotatable bonds is 6. The molecule has 3 nitrogen and oxygen atoms in total. The minimum atomic E-state index is -4.30. The van der Waals surface area contributed by atoms with Crippen molar-refractivity contribution in [3.05, 3.63) is 53.2 Å². The van der Waals surface area contributed by atoms with Gasteiger partial charge >= 0.3 is 6.18 Å². The number of halogens is 3. The Morgan fingerprint density at radius 3 is 2.52 bits per heavy atom. The van der Waals surface area contributed by atoms with E-state index in [1.165, 1.54) is 12.1 Å². The summed E-state index contributed by atoms with van der Waals surface area (Å²) in [5, 5.41) is 3.05. The van der Waals surface area contributed by atoms with Crippen LogP contribution in [0.4, 0.5) is 13.2 Å². The van der Waals surface area contributed by atoms with E-state index in [2.05, 4.69) is 10.3 Å². The van der Waals surface area contributed by atoms with Crippen LogP contribution in [0.15, 0.2) is 34.9 Å². The van der Waals surface area contributed by atoms with E-state index in [-0.39, 0.29) is 0 Å². The van der Waals surface area contributed by atoms with Crippen molar-refractivity contribution >= 4 is 0 Å². The number of alkyl halides is 3. The quantitative estimate of drug-likeness (QED) is 0.830. The number of hydrogen-bond acceptors (Lipinski definition) is 3. The largest absolute Gasteiger partial charge is 0.448 e. The Hall–Kier alpha value is -1.82. The van der Waals surface area contributed by atoms with Gasteiger partial charge in [-0.25, -0.2) is 4.98 Å². The molecule has 0 unspecified atom stereocenters. The van der Waals surface area contributed by atoms with E-state index < -0.39 is 11.7 Å². The zero-order valence-corrected chi connectivity index (χ0v) is 11.7. The lowest BCUT2D eigenvalue weighted by molar-refractivity contribution is -0.137. The molecule has 0 aliphatic heterocycles. The minimum Gasteiger partial charge on any atom is -0.448 e. The average molecular weight is 298 g/mol. The van der Waals surface area contributed by atoms with Crippen LogP contribution in [0.25, 0.3) is 0 Å². The maximum atomic E-state index is 12.5. The maximum absolute atomic E-state index is 12.5. The highest BCUT2D eigenvalue weighted by Crippen LogP contribution is 2.29. The molecule has 114 valence electrons. The van der Waals surface area contributed by atoms with E-state index in [1.54, 1.807) is 6.26 Å². The van der Waals surface area contributed by atoms with Gasteiger partial charge in [0.2, 0.25) is 0 Å². The Balaban J connectivity index is 1.95. The highest BCUT2D eigenvalue weighted by Gasteiger charge is 2.29. The summed E-state index contributed by atoms with van der Waals surface area (Å²) in [5.74, 6) is 0.522. The molecule has 0 atom stereocenters. The molecule has 1 N–H and O–H groups in total. The Morgan fingerprint density at radius 1 is 1.19 bits per heavy atom. The first-order chi connectivity index (χ1) is 9.99. The lowest BCUT2D eigenvalue weighted by atomic mass is 10.1. The van der Waals surface area contributed by atoms with Crippen molar-refractivity contribution < 1.29 is 17.6 Å². The number of nitrogens with one attached hydrogen (secondary N) is 1. The lowest BCUT2D eigenvalue weighted by Gasteiger charge is -2.06. The average Bonchev–Trinajstić information content (AvgIpc) is 2.86. The fraction of sp³-hybridized carbons (Fsp3) is 0.400. The standard InChI is InChI=1S/C15H17F3N2O/c1-19-8-2-3-13-10-21-14(20-13)9-11-4-6-12(7-5-11)15(16,17)18/h4-7,10,19H,2-3,8-9H2,1H3. The minimum absolute atomic E-state index is 0.393. The molecule has 1 aromatic heterocycles. The number of oxazole rings is 1. The molecule has 2 aromatic rings. The van der Waals surface area contributed by atoms with Gasteiger partial charge in [0.15, 0.2) is 5.89 Å². The SMILES string of the molecule is CNCCCc1coc(Cc2ccc(C(F)(F)F)cc2)n1. The third kappa shape index (κ3) is 4.60. The summed E-state index contributed by atoms with van der Waals surface area (Å²) in [6.07, 6.45) is -0.526. The first-order valence-electron chi connectivity index (χ1n) is 6.73. The first kappa shape index (κ1) is 15.6. The lowest BCUT2D eigenvalue weighted by Crippen LogP contribution is -2.08. The summed E-state index contributed by atoms with van der Waals surface area (Å²) >= 11 is 0. The fourth-order valence-electron chi connectivity index (χ4n) is 1.98. The Morgan fingerprint density at radius 2 is 1.90 bits per heavy atom. The van der Waals surface area contributed by atoms with E-state index in [4.69, 9.17) is 4.42 Å². The number of aromatic nitrogens is 1. The molecule has 0 aliphatic carbocycles. The van der Waals surface area contributed by atoms with Gasteiger partial charge in [0.1, 0.15) is 6.26 Å². The molecule has 21 heavy (non-hydrogen) atoms.